The second kappa shape index (κ2) is 7.76. The van der Waals surface area contributed by atoms with Crippen LogP contribution in [0.15, 0.2) is 18.2 Å². The summed E-state index contributed by atoms with van der Waals surface area (Å²) in [6.45, 7) is 6.84. The monoisotopic (exact) mass is 267 g/mol. The number of amides is 1. The Morgan fingerprint density at radius 1 is 1.32 bits per heavy atom. The third kappa shape index (κ3) is 4.89. The number of ether oxygens (including phenoxy) is 2. The zero-order chi connectivity index (χ0) is 14.3. The molecule has 0 saturated heterocycles. The lowest BCUT2D eigenvalue weighted by Crippen LogP contribution is -2.35. The molecule has 2 N–H and O–H groups in total. The summed E-state index contributed by atoms with van der Waals surface area (Å²) in [4.78, 5) is 11.9. The van der Waals surface area contributed by atoms with E-state index in [2.05, 4.69) is 5.32 Å². The fraction of sp³-hybridized carbons (Fsp3) is 0.500. The molecule has 0 bridgehead atoms. The Morgan fingerprint density at radius 3 is 2.47 bits per heavy atom. The van der Waals surface area contributed by atoms with Crippen LogP contribution in [0.2, 0.25) is 0 Å². The van der Waals surface area contributed by atoms with Crippen LogP contribution >= 0.6 is 0 Å². The van der Waals surface area contributed by atoms with Crippen molar-refractivity contribution < 1.29 is 19.4 Å². The first-order chi connectivity index (χ1) is 9.08. The van der Waals surface area contributed by atoms with Crippen LogP contribution in [-0.4, -0.2) is 37.1 Å². The highest BCUT2D eigenvalue weighted by molar-refractivity contribution is 5.94. The van der Waals surface area contributed by atoms with Gasteiger partial charge in [-0.15, -0.1) is 0 Å². The molecular formula is C14H21NO4. The topological polar surface area (TPSA) is 67.8 Å². The maximum Gasteiger partial charge on any atom is 0.251 e. The van der Waals surface area contributed by atoms with Gasteiger partial charge in [0.2, 0.25) is 0 Å². The van der Waals surface area contributed by atoms with Crippen molar-refractivity contribution in [2.24, 2.45) is 0 Å². The van der Waals surface area contributed by atoms with E-state index in [-0.39, 0.29) is 11.7 Å². The predicted octanol–water partition coefficient (Wildman–Crippen LogP) is 1.83. The standard InChI is InChI=1S/C14H21NO4/c1-4-18-13(19-5-2)9-15-14(17)11-6-7-12(16)10(3)8-11/h6-8,13,16H,4-5,9H2,1-3H3,(H,15,17). The summed E-state index contributed by atoms with van der Waals surface area (Å²) in [5, 5.41) is 12.2. The van der Waals surface area contributed by atoms with Gasteiger partial charge in [0.25, 0.3) is 5.91 Å². The van der Waals surface area contributed by atoms with Crippen molar-refractivity contribution in [1.29, 1.82) is 0 Å². The highest BCUT2D eigenvalue weighted by atomic mass is 16.7. The van der Waals surface area contributed by atoms with Gasteiger partial charge in [-0.05, 0) is 44.5 Å². The minimum absolute atomic E-state index is 0.179. The van der Waals surface area contributed by atoms with Crippen LogP contribution in [0.1, 0.15) is 29.8 Å². The number of phenolic OH excluding ortho intramolecular Hbond substituents is 1. The Kier molecular flexibility index (Phi) is 6.32. The fourth-order valence-corrected chi connectivity index (χ4v) is 1.61. The van der Waals surface area contributed by atoms with E-state index in [4.69, 9.17) is 9.47 Å². The molecule has 0 aliphatic heterocycles. The molecule has 5 heteroatoms. The molecule has 1 rings (SSSR count). The van der Waals surface area contributed by atoms with Crippen molar-refractivity contribution in [2.75, 3.05) is 19.8 Å². The summed E-state index contributed by atoms with van der Waals surface area (Å²) in [5.41, 5.74) is 1.17. The van der Waals surface area contributed by atoms with Crippen molar-refractivity contribution >= 4 is 5.91 Å². The van der Waals surface area contributed by atoms with Crippen LogP contribution in [0.4, 0.5) is 0 Å². The molecule has 5 nitrogen and oxygen atoms in total. The molecule has 0 atom stereocenters. The van der Waals surface area contributed by atoms with Gasteiger partial charge in [0, 0.05) is 18.8 Å². The molecule has 0 spiro atoms. The largest absolute Gasteiger partial charge is 0.508 e. The number of carbonyl (C=O) groups excluding carboxylic acids is 1. The average Bonchev–Trinajstić information content (AvgIpc) is 2.39. The number of nitrogens with one attached hydrogen (secondary N) is 1. The maximum absolute atomic E-state index is 11.9. The van der Waals surface area contributed by atoms with Crippen molar-refractivity contribution in [3.63, 3.8) is 0 Å². The van der Waals surface area contributed by atoms with Crippen LogP contribution in [0.3, 0.4) is 0 Å². The van der Waals surface area contributed by atoms with Gasteiger partial charge in [-0.2, -0.15) is 0 Å². The number of hydrogen-bond donors (Lipinski definition) is 2. The van der Waals surface area contributed by atoms with E-state index in [1.165, 1.54) is 6.07 Å². The van der Waals surface area contributed by atoms with E-state index in [1.807, 2.05) is 13.8 Å². The molecule has 0 radical (unpaired) electrons. The Hall–Kier alpha value is -1.59. The first-order valence-electron chi connectivity index (χ1n) is 6.39. The summed E-state index contributed by atoms with van der Waals surface area (Å²) in [6.07, 6.45) is -0.433. The van der Waals surface area contributed by atoms with E-state index in [0.717, 1.165) is 0 Å². The third-order valence-corrected chi connectivity index (χ3v) is 2.59. The van der Waals surface area contributed by atoms with Gasteiger partial charge in [0.1, 0.15) is 5.75 Å². The van der Waals surface area contributed by atoms with E-state index in [1.54, 1.807) is 19.1 Å². The highest BCUT2D eigenvalue weighted by Crippen LogP contribution is 2.16. The molecule has 1 aromatic rings. The van der Waals surface area contributed by atoms with Gasteiger partial charge in [-0.25, -0.2) is 0 Å². The molecule has 106 valence electrons. The number of hydrogen-bond acceptors (Lipinski definition) is 4. The van der Waals surface area contributed by atoms with Crippen LogP contribution in [0.5, 0.6) is 5.75 Å². The first-order valence-corrected chi connectivity index (χ1v) is 6.39. The van der Waals surface area contributed by atoms with Crippen molar-refractivity contribution in [2.45, 2.75) is 27.1 Å². The van der Waals surface area contributed by atoms with Crippen LogP contribution < -0.4 is 5.32 Å². The first kappa shape index (κ1) is 15.5. The summed E-state index contributed by atoms with van der Waals surface area (Å²) in [5.74, 6) is -0.0365. The smallest absolute Gasteiger partial charge is 0.251 e. The Balaban J connectivity index is 2.56. The number of benzene rings is 1. The van der Waals surface area contributed by atoms with E-state index in [9.17, 15) is 9.90 Å². The lowest BCUT2D eigenvalue weighted by atomic mass is 10.1. The molecule has 1 aromatic carbocycles. The molecule has 0 aliphatic rings. The number of phenols is 1. The molecular weight excluding hydrogens is 246 g/mol. The van der Waals surface area contributed by atoms with Gasteiger partial charge < -0.3 is 19.9 Å². The average molecular weight is 267 g/mol. The summed E-state index contributed by atoms with van der Waals surface area (Å²) in [6, 6.07) is 4.72. The Labute approximate surface area is 113 Å². The van der Waals surface area contributed by atoms with E-state index < -0.39 is 6.29 Å². The predicted molar refractivity (Wildman–Crippen MR) is 72.2 cm³/mol. The van der Waals surface area contributed by atoms with Crippen LogP contribution in [0, 0.1) is 6.92 Å². The highest BCUT2D eigenvalue weighted by Gasteiger charge is 2.12. The second-order valence-corrected chi connectivity index (χ2v) is 4.05. The summed E-state index contributed by atoms with van der Waals surface area (Å²) in [7, 11) is 0. The molecule has 0 aromatic heterocycles. The number of aromatic hydroxyl groups is 1. The lowest BCUT2D eigenvalue weighted by Gasteiger charge is -2.17. The van der Waals surface area contributed by atoms with Crippen molar-refractivity contribution in [1.82, 2.24) is 5.32 Å². The minimum Gasteiger partial charge on any atom is -0.508 e. The Morgan fingerprint density at radius 2 is 1.95 bits per heavy atom. The van der Waals surface area contributed by atoms with E-state index >= 15 is 0 Å². The normalized spacial score (nSPS) is 10.7. The zero-order valence-corrected chi connectivity index (χ0v) is 11.6. The molecule has 0 aliphatic carbocycles. The molecule has 1 amide bonds. The van der Waals surface area contributed by atoms with Crippen molar-refractivity contribution in [3.8, 4) is 5.75 Å². The zero-order valence-electron chi connectivity index (χ0n) is 11.6. The molecule has 19 heavy (non-hydrogen) atoms. The molecule has 0 unspecified atom stereocenters. The quantitative estimate of drug-likeness (QED) is 0.740. The Bertz CT molecular complexity index is 414. The number of rotatable bonds is 7. The van der Waals surface area contributed by atoms with Gasteiger partial charge in [0.05, 0.1) is 6.54 Å². The molecule has 0 heterocycles. The van der Waals surface area contributed by atoms with Crippen molar-refractivity contribution in [3.05, 3.63) is 29.3 Å². The number of carbonyl (C=O) groups is 1. The summed E-state index contributed by atoms with van der Waals surface area (Å²) >= 11 is 0. The maximum atomic E-state index is 11.9. The minimum atomic E-state index is -0.433. The lowest BCUT2D eigenvalue weighted by molar-refractivity contribution is -0.131. The third-order valence-electron chi connectivity index (χ3n) is 2.59. The molecule has 0 fully saturated rings. The van der Waals surface area contributed by atoms with Gasteiger partial charge in [-0.3, -0.25) is 4.79 Å². The SMILES string of the molecule is CCOC(CNC(=O)c1ccc(O)c(C)c1)OCC. The number of aryl methyl sites for hydroxylation is 1. The van der Waals surface area contributed by atoms with Crippen LogP contribution in [-0.2, 0) is 9.47 Å². The molecule has 0 saturated carbocycles. The van der Waals surface area contributed by atoms with Crippen LogP contribution in [0.25, 0.3) is 0 Å². The van der Waals surface area contributed by atoms with Gasteiger partial charge in [0.15, 0.2) is 6.29 Å². The second-order valence-electron chi connectivity index (χ2n) is 4.05. The van der Waals surface area contributed by atoms with E-state index in [0.29, 0.717) is 30.9 Å². The van der Waals surface area contributed by atoms with Gasteiger partial charge in [-0.1, -0.05) is 0 Å². The summed E-state index contributed by atoms with van der Waals surface area (Å²) < 4.78 is 10.7. The van der Waals surface area contributed by atoms with Gasteiger partial charge >= 0.3 is 0 Å². The fourth-order valence-electron chi connectivity index (χ4n) is 1.61.